The molecule has 1 heterocycles. The summed E-state index contributed by atoms with van der Waals surface area (Å²) in [5.41, 5.74) is 1.98. The minimum atomic E-state index is -0.390. The van der Waals surface area contributed by atoms with E-state index in [1.807, 2.05) is 24.3 Å². The molecule has 1 aromatic rings. The summed E-state index contributed by atoms with van der Waals surface area (Å²) < 4.78 is 5.70. The molecule has 1 saturated carbocycles. The third-order valence-electron chi connectivity index (χ3n) is 5.66. The lowest BCUT2D eigenvalue weighted by Crippen LogP contribution is -3.15. The van der Waals surface area contributed by atoms with Crippen molar-refractivity contribution in [3.63, 3.8) is 0 Å². The van der Waals surface area contributed by atoms with Crippen LogP contribution < -0.4 is 4.90 Å². The molecule has 2 aliphatic rings. The maximum atomic E-state index is 10.4. The van der Waals surface area contributed by atoms with Crippen LogP contribution in [0.2, 0.25) is 5.02 Å². The van der Waals surface area contributed by atoms with Crippen molar-refractivity contribution in [1.82, 2.24) is 0 Å². The van der Waals surface area contributed by atoms with Gasteiger partial charge in [0.2, 0.25) is 0 Å². The van der Waals surface area contributed by atoms with Gasteiger partial charge in [-0.05, 0) is 29.5 Å². The van der Waals surface area contributed by atoms with Gasteiger partial charge in [0.15, 0.2) is 0 Å². The first-order valence-electron chi connectivity index (χ1n) is 9.10. The predicted octanol–water partition coefficient (Wildman–Crippen LogP) is 2.70. The molecule has 2 fully saturated rings. The molecule has 0 amide bonds. The van der Waals surface area contributed by atoms with E-state index in [1.165, 1.54) is 25.8 Å². The molecule has 2 bridgehead atoms. The van der Waals surface area contributed by atoms with Gasteiger partial charge >= 0.3 is 0 Å². The second kappa shape index (κ2) is 6.95. The van der Waals surface area contributed by atoms with Crippen molar-refractivity contribution in [2.75, 3.05) is 19.7 Å². The molecule has 1 aromatic carbocycles. The predicted molar refractivity (Wildman–Crippen MR) is 97.3 cm³/mol. The van der Waals surface area contributed by atoms with Crippen LogP contribution in [0.3, 0.4) is 0 Å². The topological polar surface area (TPSA) is 33.9 Å². The van der Waals surface area contributed by atoms with E-state index in [1.54, 1.807) is 4.90 Å². The van der Waals surface area contributed by atoms with Crippen LogP contribution in [0.4, 0.5) is 0 Å². The van der Waals surface area contributed by atoms with Gasteiger partial charge < -0.3 is 14.7 Å². The average Bonchev–Trinajstić information content (AvgIpc) is 2.69. The summed E-state index contributed by atoms with van der Waals surface area (Å²) >= 11 is 5.88. The van der Waals surface area contributed by atoms with Crippen LogP contribution in [-0.4, -0.2) is 36.9 Å². The molecule has 1 saturated heterocycles. The van der Waals surface area contributed by atoms with Crippen molar-refractivity contribution in [3.8, 4) is 0 Å². The van der Waals surface area contributed by atoms with Crippen molar-refractivity contribution >= 4 is 11.6 Å². The van der Waals surface area contributed by atoms with Crippen molar-refractivity contribution in [1.29, 1.82) is 0 Å². The zero-order chi connectivity index (χ0) is 17.4. The summed E-state index contributed by atoms with van der Waals surface area (Å²) in [4.78, 5) is 1.57. The molecular weight excluding hydrogens is 322 g/mol. The Hall–Kier alpha value is -0.610. The number of aliphatic hydroxyl groups is 1. The number of hydrogen-bond acceptors (Lipinski definition) is 2. The normalized spacial score (nSPS) is 32.7. The summed E-state index contributed by atoms with van der Waals surface area (Å²) in [5, 5.41) is 11.1. The number of halogens is 1. The van der Waals surface area contributed by atoms with Gasteiger partial charge in [0.1, 0.15) is 12.6 Å². The molecule has 1 unspecified atom stereocenters. The monoisotopic (exact) mass is 352 g/mol. The molecule has 4 heteroatoms. The van der Waals surface area contributed by atoms with E-state index in [0.29, 0.717) is 30.1 Å². The van der Waals surface area contributed by atoms with Crippen molar-refractivity contribution in [2.24, 2.45) is 10.8 Å². The van der Waals surface area contributed by atoms with Gasteiger partial charge in [-0.15, -0.1) is 0 Å². The lowest BCUT2D eigenvalue weighted by Gasteiger charge is -2.37. The van der Waals surface area contributed by atoms with E-state index in [-0.39, 0.29) is 0 Å². The van der Waals surface area contributed by atoms with Crippen molar-refractivity contribution in [2.45, 2.75) is 58.8 Å². The number of fused-ring (bicyclic) bond motifs is 2. The SMILES string of the molecule is CC1(C)C[C@H]2C[C@](C)(C[NH+]2C[C@H](O)COCc2ccc(Cl)cc2)C1. The van der Waals surface area contributed by atoms with Gasteiger partial charge in [-0.1, -0.05) is 44.5 Å². The summed E-state index contributed by atoms with van der Waals surface area (Å²) in [6.07, 6.45) is 3.50. The number of benzene rings is 1. The largest absolute Gasteiger partial charge is 0.385 e. The smallest absolute Gasteiger partial charge is 0.126 e. The molecule has 3 nitrogen and oxygen atoms in total. The van der Waals surface area contributed by atoms with Crippen LogP contribution in [0.5, 0.6) is 0 Å². The van der Waals surface area contributed by atoms with Gasteiger partial charge in [-0.25, -0.2) is 0 Å². The first-order valence-corrected chi connectivity index (χ1v) is 9.47. The average molecular weight is 353 g/mol. The number of nitrogens with one attached hydrogen (secondary N) is 1. The number of likely N-dealkylation sites (tertiary alicyclic amines) is 1. The molecule has 1 aliphatic carbocycles. The highest BCUT2D eigenvalue weighted by Crippen LogP contribution is 2.47. The van der Waals surface area contributed by atoms with Crippen molar-refractivity contribution in [3.05, 3.63) is 34.9 Å². The zero-order valence-electron chi connectivity index (χ0n) is 15.1. The van der Waals surface area contributed by atoms with Crippen LogP contribution in [0.15, 0.2) is 24.3 Å². The highest BCUT2D eigenvalue weighted by molar-refractivity contribution is 6.30. The fourth-order valence-corrected chi connectivity index (χ4v) is 5.37. The Balaban J connectivity index is 1.45. The number of rotatable bonds is 6. The number of hydrogen-bond donors (Lipinski definition) is 2. The lowest BCUT2D eigenvalue weighted by molar-refractivity contribution is -0.917. The Kier molecular flexibility index (Phi) is 5.27. The Morgan fingerprint density at radius 2 is 1.96 bits per heavy atom. The van der Waals surface area contributed by atoms with Crippen LogP contribution in [0.25, 0.3) is 0 Å². The van der Waals surface area contributed by atoms with E-state index in [4.69, 9.17) is 16.3 Å². The third-order valence-corrected chi connectivity index (χ3v) is 5.92. The first-order chi connectivity index (χ1) is 11.2. The van der Waals surface area contributed by atoms with Gasteiger partial charge in [0, 0.05) is 23.3 Å². The van der Waals surface area contributed by atoms with Crippen molar-refractivity contribution < 1.29 is 14.7 Å². The molecule has 134 valence electrons. The molecule has 0 radical (unpaired) electrons. The molecule has 2 N–H and O–H groups in total. The van der Waals surface area contributed by atoms with Crippen LogP contribution >= 0.6 is 11.6 Å². The Morgan fingerprint density at radius 1 is 1.25 bits per heavy atom. The van der Waals surface area contributed by atoms with Gasteiger partial charge in [-0.2, -0.15) is 0 Å². The van der Waals surface area contributed by atoms with E-state index in [2.05, 4.69) is 20.8 Å². The standard InChI is InChI=1S/C20H30ClNO2/c1-19(2)8-17-9-20(3,13-19)14-22(17)10-18(23)12-24-11-15-4-6-16(21)7-5-15/h4-7,17-18,23H,8-14H2,1-3H3/p+1/t17-,18-,20-/m0/s1. The maximum absolute atomic E-state index is 10.4. The second-order valence-corrected chi connectivity index (χ2v) is 9.53. The lowest BCUT2D eigenvalue weighted by atomic mass is 9.65. The van der Waals surface area contributed by atoms with Gasteiger partial charge in [0.25, 0.3) is 0 Å². The Bertz CT molecular complexity index is 559. The molecule has 4 atom stereocenters. The minimum absolute atomic E-state index is 0.390. The van der Waals surface area contributed by atoms with E-state index in [0.717, 1.165) is 17.1 Å². The summed E-state index contributed by atoms with van der Waals surface area (Å²) in [5.74, 6) is 0. The fraction of sp³-hybridized carbons (Fsp3) is 0.700. The number of aliphatic hydroxyl groups excluding tert-OH is 1. The highest BCUT2D eigenvalue weighted by Gasteiger charge is 2.52. The van der Waals surface area contributed by atoms with Crippen LogP contribution in [-0.2, 0) is 11.3 Å². The van der Waals surface area contributed by atoms with E-state index >= 15 is 0 Å². The Labute approximate surface area is 150 Å². The first kappa shape index (κ1) is 18.2. The summed E-state index contributed by atoms with van der Waals surface area (Å²) in [7, 11) is 0. The van der Waals surface area contributed by atoms with E-state index < -0.39 is 6.10 Å². The molecule has 24 heavy (non-hydrogen) atoms. The molecule has 3 rings (SSSR count). The summed E-state index contributed by atoms with van der Waals surface area (Å²) in [6.45, 7) is 10.1. The molecule has 1 aliphatic heterocycles. The third kappa shape index (κ3) is 4.51. The fourth-order valence-electron chi connectivity index (χ4n) is 5.24. The van der Waals surface area contributed by atoms with Crippen LogP contribution in [0, 0.1) is 10.8 Å². The highest BCUT2D eigenvalue weighted by atomic mass is 35.5. The number of ether oxygens (including phenoxy) is 1. The number of quaternary nitrogens is 1. The molecule has 0 spiro atoms. The zero-order valence-corrected chi connectivity index (χ0v) is 15.9. The molecule has 0 aromatic heterocycles. The second-order valence-electron chi connectivity index (χ2n) is 9.09. The summed E-state index contributed by atoms with van der Waals surface area (Å²) in [6, 6.07) is 8.37. The Morgan fingerprint density at radius 3 is 2.67 bits per heavy atom. The van der Waals surface area contributed by atoms with Gasteiger partial charge in [-0.3, -0.25) is 0 Å². The van der Waals surface area contributed by atoms with Gasteiger partial charge in [0.05, 0.1) is 25.8 Å². The van der Waals surface area contributed by atoms with Crippen LogP contribution in [0.1, 0.15) is 45.6 Å². The minimum Gasteiger partial charge on any atom is -0.385 e. The maximum Gasteiger partial charge on any atom is 0.126 e. The quantitative estimate of drug-likeness (QED) is 0.825. The van der Waals surface area contributed by atoms with E-state index in [9.17, 15) is 5.11 Å². The molecular formula is C20H31ClNO2+.